The van der Waals surface area contributed by atoms with E-state index in [1.54, 1.807) is 13.8 Å². The van der Waals surface area contributed by atoms with Gasteiger partial charge in [0.1, 0.15) is 11.5 Å². The third kappa shape index (κ3) is 3.33. The maximum atomic E-state index is 9.67. The van der Waals surface area contributed by atoms with E-state index in [9.17, 15) is 20.4 Å². The number of aromatic hydroxyl groups is 2. The third-order valence-electron chi connectivity index (χ3n) is 2.74. The zero-order chi connectivity index (χ0) is 13.1. The van der Waals surface area contributed by atoms with Crippen molar-refractivity contribution in [3.8, 4) is 11.5 Å². The summed E-state index contributed by atoms with van der Waals surface area (Å²) < 4.78 is 0. The van der Waals surface area contributed by atoms with Crippen LogP contribution in [-0.2, 0) is 0 Å². The van der Waals surface area contributed by atoms with Gasteiger partial charge in [-0.2, -0.15) is 0 Å². The van der Waals surface area contributed by atoms with Crippen molar-refractivity contribution >= 4 is 0 Å². The lowest BCUT2D eigenvalue weighted by Crippen LogP contribution is -2.49. The minimum absolute atomic E-state index is 0.0565. The summed E-state index contributed by atoms with van der Waals surface area (Å²) in [5.74, 6) is 0.113. The first-order valence-electron chi connectivity index (χ1n) is 5.43. The van der Waals surface area contributed by atoms with Crippen LogP contribution in [0.3, 0.4) is 0 Å². The topological polar surface area (TPSA) is 93.0 Å². The molecule has 0 fully saturated rings. The molecule has 0 amide bonds. The van der Waals surface area contributed by atoms with Crippen molar-refractivity contribution in [2.75, 3.05) is 13.2 Å². The number of aliphatic hydroxyl groups is 2. The molecule has 1 rings (SSSR count). The Labute approximate surface area is 100 Å². The van der Waals surface area contributed by atoms with E-state index in [1.165, 1.54) is 18.2 Å². The van der Waals surface area contributed by atoms with Gasteiger partial charge in [-0.1, -0.05) is 0 Å². The van der Waals surface area contributed by atoms with Gasteiger partial charge in [-0.15, -0.1) is 0 Å². The van der Waals surface area contributed by atoms with Crippen molar-refractivity contribution in [2.45, 2.75) is 25.4 Å². The molecule has 0 aliphatic carbocycles. The predicted octanol–water partition coefficient (Wildman–Crippen LogP) is 0.492. The van der Waals surface area contributed by atoms with Crippen molar-refractivity contribution in [1.82, 2.24) is 5.32 Å². The van der Waals surface area contributed by atoms with Gasteiger partial charge in [0.15, 0.2) is 0 Å². The van der Waals surface area contributed by atoms with Crippen LogP contribution in [0.2, 0.25) is 0 Å². The highest BCUT2D eigenvalue weighted by Crippen LogP contribution is 2.28. The van der Waals surface area contributed by atoms with Gasteiger partial charge in [-0.05, 0) is 32.0 Å². The fourth-order valence-electron chi connectivity index (χ4n) is 1.63. The lowest BCUT2D eigenvalue weighted by Gasteiger charge is -2.30. The second-order valence-corrected chi connectivity index (χ2v) is 4.49. The van der Waals surface area contributed by atoms with E-state index in [1.807, 2.05) is 0 Å². The van der Waals surface area contributed by atoms with Gasteiger partial charge in [0.2, 0.25) is 0 Å². The zero-order valence-electron chi connectivity index (χ0n) is 10.0. The van der Waals surface area contributed by atoms with Gasteiger partial charge >= 0.3 is 0 Å². The average Bonchev–Trinajstić information content (AvgIpc) is 2.32. The van der Waals surface area contributed by atoms with Crippen LogP contribution >= 0.6 is 0 Å². The summed E-state index contributed by atoms with van der Waals surface area (Å²) in [6.07, 6.45) is 0. The van der Waals surface area contributed by atoms with E-state index < -0.39 is 5.54 Å². The molecule has 0 aliphatic rings. The number of rotatable bonds is 5. The van der Waals surface area contributed by atoms with Gasteiger partial charge in [0, 0.05) is 11.6 Å². The first kappa shape index (κ1) is 13.8. The van der Waals surface area contributed by atoms with E-state index in [0.717, 1.165) is 0 Å². The normalized spacial score (nSPS) is 13.6. The number of phenolic OH excluding ortho intramolecular Hbond substituents is 2. The van der Waals surface area contributed by atoms with E-state index in [2.05, 4.69) is 5.32 Å². The molecule has 0 spiro atoms. The highest BCUT2D eigenvalue weighted by Gasteiger charge is 2.25. The summed E-state index contributed by atoms with van der Waals surface area (Å²) in [7, 11) is 0. The predicted molar refractivity (Wildman–Crippen MR) is 63.9 cm³/mol. The largest absolute Gasteiger partial charge is 0.508 e. The molecule has 0 aliphatic heterocycles. The molecule has 5 nitrogen and oxygen atoms in total. The van der Waals surface area contributed by atoms with Crippen LogP contribution in [0.1, 0.15) is 25.5 Å². The minimum atomic E-state index is -0.836. The fraction of sp³-hybridized carbons (Fsp3) is 0.500. The lowest BCUT2D eigenvalue weighted by molar-refractivity contribution is 0.0954. The van der Waals surface area contributed by atoms with E-state index >= 15 is 0 Å². The Balaban J connectivity index is 2.89. The van der Waals surface area contributed by atoms with Gasteiger partial charge in [0.25, 0.3) is 0 Å². The number of hydrogen-bond acceptors (Lipinski definition) is 5. The molecule has 5 N–H and O–H groups in total. The summed E-state index contributed by atoms with van der Waals surface area (Å²) >= 11 is 0. The van der Waals surface area contributed by atoms with Crippen LogP contribution in [-0.4, -0.2) is 39.2 Å². The molecule has 0 heterocycles. The first-order chi connectivity index (χ1) is 7.91. The Morgan fingerprint density at radius 1 is 1.24 bits per heavy atom. The highest BCUT2D eigenvalue weighted by atomic mass is 16.3. The molecule has 0 bridgehead atoms. The zero-order valence-corrected chi connectivity index (χ0v) is 10.0. The van der Waals surface area contributed by atoms with Crippen molar-refractivity contribution in [2.24, 2.45) is 0 Å². The van der Waals surface area contributed by atoms with Crippen molar-refractivity contribution in [3.05, 3.63) is 23.8 Å². The smallest absolute Gasteiger partial charge is 0.120 e. The summed E-state index contributed by atoms with van der Waals surface area (Å²) in [6.45, 7) is 2.99. The van der Waals surface area contributed by atoms with Crippen LogP contribution in [0.15, 0.2) is 18.2 Å². The Morgan fingerprint density at radius 2 is 1.82 bits per heavy atom. The van der Waals surface area contributed by atoms with Crippen molar-refractivity contribution in [1.29, 1.82) is 0 Å². The quantitative estimate of drug-likeness (QED) is 0.484. The number of aliphatic hydroxyl groups excluding tert-OH is 2. The minimum Gasteiger partial charge on any atom is -0.508 e. The molecule has 1 aromatic rings. The van der Waals surface area contributed by atoms with Gasteiger partial charge in [0.05, 0.1) is 18.8 Å². The summed E-state index contributed by atoms with van der Waals surface area (Å²) in [5, 5.41) is 40.4. The molecule has 5 heteroatoms. The standard InChI is InChI=1S/C12H19NO4/c1-8(13-12(2,6-14)7-15)10-5-9(16)3-4-11(10)17/h3-5,8,13-17H,6-7H2,1-2H3. The van der Waals surface area contributed by atoms with E-state index in [4.69, 9.17) is 0 Å². The summed E-state index contributed by atoms with van der Waals surface area (Å²) in [6, 6.07) is 3.93. The van der Waals surface area contributed by atoms with E-state index in [0.29, 0.717) is 5.56 Å². The molecular formula is C12H19NO4. The number of benzene rings is 1. The fourth-order valence-corrected chi connectivity index (χ4v) is 1.63. The average molecular weight is 241 g/mol. The Bertz CT molecular complexity index is 377. The van der Waals surface area contributed by atoms with Gasteiger partial charge in [-0.3, -0.25) is 0 Å². The van der Waals surface area contributed by atoms with Crippen LogP contribution in [0.4, 0.5) is 0 Å². The molecule has 0 radical (unpaired) electrons. The molecule has 0 aromatic heterocycles. The van der Waals surface area contributed by atoms with Crippen LogP contribution in [0, 0.1) is 0 Å². The first-order valence-corrected chi connectivity index (χ1v) is 5.43. The lowest BCUT2D eigenvalue weighted by atomic mass is 10.00. The molecule has 1 unspecified atom stereocenters. The second-order valence-electron chi connectivity index (χ2n) is 4.49. The monoisotopic (exact) mass is 241 g/mol. The van der Waals surface area contributed by atoms with Crippen molar-refractivity contribution in [3.63, 3.8) is 0 Å². The van der Waals surface area contributed by atoms with Crippen LogP contribution in [0.5, 0.6) is 11.5 Å². The van der Waals surface area contributed by atoms with E-state index in [-0.39, 0.29) is 30.8 Å². The maximum Gasteiger partial charge on any atom is 0.120 e. The Hall–Kier alpha value is -1.30. The molecular weight excluding hydrogens is 222 g/mol. The molecule has 1 aromatic carbocycles. The molecule has 17 heavy (non-hydrogen) atoms. The second kappa shape index (κ2) is 5.35. The molecule has 1 atom stereocenters. The molecule has 96 valence electrons. The van der Waals surface area contributed by atoms with Gasteiger partial charge < -0.3 is 25.7 Å². The maximum absolute atomic E-state index is 9.67. The molecule has 0 saturated heterocycles. The van der Waals surface area contributed by atoms with Gasteiger partial charge in [-0.25, -0.2) is 0 Å². The number of hydrogen-bond donors (Lipinski definition) is 5. The third-order valence-corrected chi connectivity index (χ3v) is 2.74. The Kier molecular flexibility index (Phi) is 4.34. The van der Waals surface area contributed by atoms with Crippen molar-refractivity contribution < 1.29 is 20.4 Å². The number of nitrogens with one attached hydrogen (secondary N) is 1. The number of phenols is 2. The Morgan fingerprint density at radius 3 is 2.35 bits per heavy atom. The highest BCUT2D eigenvalue weighted by molar-refractivity contribution is 5.40. The van der Waals surface area contributed by atoms with Crippen LogP contribution < -0.4 is 5.32 Å². The molecule has 0 saturated carbocycles. The summed E-state index contributed by atoms with van der Waals surface area (Å²) in [5.41, 5.74) is -0.324. The SMILES string of the molecule is CC(NC(C)(CO)CO)c1cc(O)ccc1O. The van der Waals surface area contributed by atoms with Crippen LogP contribution in [0.25, 0.3) is 0 Å². The summed E-state index contributed by atoms with van der Waals surface area (Å²) in [4.78, 5) is 0.